The average Bonchev–Trinajstić information content (AvgIpc) is 2.94. The molecule has 2 rings (SSSR count). The molecule has 1 aliphatic rings. The number of halogens is 2. The van der Waals surface area contributed by atoms with Crippen LogP contribution in [-0.2, 0) is 9.53 Å². The normalized spacial score (nSPS) is 18.5. The molecule has 0 fully saturated rings. The van der Waals surface area contributed by atoms with Gasteiger partial charge < -0.3 is 4.74 Å². The topological polar surface area (TPSA) is 26.3 Å². The first-order valence-corrected chi connectivity index (χ1v) is 6.09. The highest BCUT2D eigenvalue weighted by Gasteiger charge is 2.51. The molecular weight excluding hydrogens is 250 g/mol. The molecule has 4 heteroatoms. The number of benzene rings is 1. The second-order valence-corrected chi connectivity index (χ2v) is 5.67. The van der Waals surface area contributed by atoms with Gasteiger partial charge in [0.1, 0.15) is 0 Å². The van der Waals surface area contributed by atoms with Crippen LogP contribution in [0.5, 0.6) is 0 Å². The van der Waals surface area contributed by atoms with Crippen molar-refractivity contribution < 1.29 is 18.3 Å². The first kappa shape index (κ1) is 13.7. The van der Waals surface area contributed by atoms with Gasteiger partial charge in [-0.1, -0.05) is 30.3 Å². The number of carbonyl (C=O) groups is 1. The Morgan fingerprint density at radius 3 is 2.16 bits per heavy atom. The number of allylic oxidation sites excluding steroid dienone is 1. The predicted octanol–water partition coefficient (Wildman–Crippen LogP) is 3.89. The van der Waals surface area contributed by atoms with Crippen LogP contribution in [0.25, 0.3) is 0 Å². The van der Waals surface area contributed by atoms with Gasteiger partial charge >= 0.3 is 5.97 Å². The fraction of sp³-hybridized carbons (Fsp3) is 0.400. The Kier molecular flexibility index (Phi) is 3.20. The largest absolute Gasteiger partial charge is 0.452 e. The number of esters is 1. The molecule has 1 unspecified atom stereocenters. The van der Waals surface area contributed by atoms with Gasteiger partial charge in [-0.25, -0.2) is 0 Å². The van der Waals surface area contributed by atoms with Crippen LogP contribution in [0.4, 0.5) is 8.78 Å². The van der Waals surface area contributed by atoms with Crippen molar-refractivity contribution in [3.05, 3.63) is 47.5 Å². The molecule has 1 atom stereocenters. The molecular formula is C15H16F2O2. The van der Waals surface area contributed by atoms with Crippen molar-refractivity contribution in [2.24, 2.45) is 5.41 Å². The van der Waals surface area contributed by atoms with Crippen LogP contribution in [0.2, 0.25) is 0 Å². The first-order valence-electron chi connectivity index (χ1n) is 6.09. The number of carbonyl (C=O) groups excluding carboxylic acids is 1. The SMILES string of the molecule is CC(C)(C)C(=O)OC(C1=CC1(F)F)c1ccccc1. The van der Waals surface area contributed by atoms with E-state index < -0.39 is 23.4 Å². The van der Waals surface area contributed by atoms with Crippen LogP contribution in [0.15, 0.2) is 42.0 Å². The number of rotatable bonds is 3. The Labute approximate surface area is 111 Å². The molecule has 0 radical (unpaired) electrons. The smallest absolute Gasteiger partial charge is 0.312 e. The van der Waals surface area contributed by atoms with Crippen molar-refractivity contribution in [2.75, 3.05) is 0 Å². The van der Waals surface area contributed by atoms with E-state index >= 15 is 0 Å². The summed E-state index contributed by atoms with van der Waals surface area (Å²) in [7, 11) is 0. The zero-order chi connectivity index (χ0) is 14.3. The quantitative estimate of drug-likeness (QED) is 0.612. The number of ether oxygens (including phenoxy) is 1. The van der Waals surface area contributed by atoms with Gasteiger partial charge in [-0.05, 0) is 32.4 Å². The van der Waals surface area contributed by atoms with Gasteiger partial charge in [-0.15, -0.1) is 0 Å². The van der Waals surface area contributed by atoms with Gasteiger partial charge in [-0.3, -0.25) is 4.79 Å². The minimum atomic E-state index is -2.93. The number of hydrogen-bond donors (Lipinski definition) is 0. The minimum Gasteiger partial charge on any atom is -0.452 e. The van der Waals surface area contributed by atoms with Crippen molar-refractivity contribution in [1.82, 2.24) is 0 Å². The van der Waals surface area contributed by atoms with Gasteiger partial charge in [0.15, 0.2) is 6.10 Å². The predicted molar refractivity (Wildman–Crippen MR) is 67.8 cm³/mol. The molecule has 1 aliphatic carbocycles. The van der Waals surface area contributed by atoms with Gasteiger partial charge in [-0.2, -0.15) is 8.78 Å². The van der Waals surface area contributed by atoms with E-state index in [2.05, 4.69) is 0 Å². The standard InChI is InChI=1S/C15H16F2O2/c1-14(2,3)13(18)19-12(11-9-15(11,16)17)10-7-5-4-6-8-10/h4-9,12H,1-3H3. The first-order chi connectivity index (χ1) is 8.72. The van der Waals surface area contributed by atoms with Crippen LogP contribution >= 0.6 is 0 Å². The molecule has 1 aromatic carbocycles. The molecule has 102 valence electrons. The summed E-state index contributed by atoms with van der Waals surface area (Å²) in [4.78, 5) is 11.9. The van der Waals surface area contributed by atoms with E-state index in [9.17, 15) is 13.6 Å². The zero-order valence-corrected chi connectivity index (χ0v) is 11.1. The summed E-state index contributed by atoms with van der Waals surface area (Å²) in [6, 6.07) is 8.60. The number of hydrogen-bond acceptors (Lipinski definition) is 2. The maximum Gasteiger partial charge on any atom is 0.312 e. The van der Waals surface area contributed by atoms with Crippen molar-refractivity contribution in [3.63, 3.8) is 0 Å². The van der Waals surface area contributed by atoms with E-state index in [0.29, 0.717) is 5.56 Å². The second-order valence-electron chi connectivity index (χ2n) is 5.67. The van der Waals surface area contributed by atoms with E-state index in [0.717, 1.165) is 6.08 Å². The molecule has 0 amide bonds. The molecule has 0 saturated heterocycles. The van der Waals surface area contributed by atoms with Gasteiger partial charge in [0, 0.05) is 5.57 Å². The Morgan fingerprint density at radius 2 is 1.74 bits per heavy atom. The maximum atomic E-state index is 13.2. The van der Waals surface area contributed by atoms with Crippen LogP contribution < -0.4 is 0 Å². The Morgan fingerprint density at radius 1 is 1.21 bits per heavy atom. The van der Waals surface area contributed by atoms with Gasteiger partial charge in [0.2, 0.25) is 0 Å². The van der Waals surface area contributed by atoms with Crippen molar-refractivity contribution in [1.29, 1.82) is 0 Å². The monoisotopic (exact) mass is 266 g/mol. The van der Waals surface area contributed by atoms with Crippen molar-refractivity contribution in [3.8, 4) is 0 Å². The molecule has 0 spiro atoms. The molecule has 1 aromatic rings. The van der Waals surface area contributed by atoms with Crippen LogP contribution in [0.3, 0.4) is 0 Å². The van der Waals surface area contributed by atoms with Gasteiger partial charge in [0.25, 0.3) is 5.92 Å². The summed E-state index contributed by atoms with van der Waals surface area (Å²) >= 11 is 0. The van der Waals surface area contributed by atoms with E-state index in [4.69, 9.17) is 4.74 Å². The summed E-state index contributed by atoms with van der Waals surface area (Å²) in [5, 5.41) is 0. The molecule has 0 saturated carbocycles. The molecule has 0 N–H and O–H groups in total. The molecule has 2 nitrogen and oxygen atoms in total. The summed E-state index contributed by atoms with van der Waals surface area (Å²) in [5.74, 6) is -3.43. The molecule has 0 heterocycles. The van der Waals surface area contributed by atoms with Gasteiger partial charge in [0.05, 0.1) is 5.41 Å². The number of alkyl halides is 2. The average molecular weight is 266 g/mol. The van der Waals surface area contributed by atoms with Crippen LogP contribution in [0.1, 0.15) is 32.4 Å². The highest BCUT2D eigenvalue weighted by Crippen LogP contribution is 2.49. The fourth-order valence-corrected chi connectivity index (χ4v) is 1.63. The molecule has 0 aromatic heterocycles. The summed E-state index contributed by atoms with van der Waals surface area (Å²) in [6.07, 6.45) is -0.163. The molecule has 19 heavy (non-hydrogen) atoms. The Hall–Kier alpha value is -1.71. The van der Waals surface area contributed by atoms with Crippen LogP contribution in [0, 0.1) is 5.41 Å². The summed E-state index contributed by atoms with van der Waals surface area (Å²) in [5.41, 5.74) is -0.308. The van der Waals surface area contributed by atoms with E-state index in [1.807, 2.05) is 0 Å². The lowest BCUT2D eigenvalue weighted by atomic mass is 9.97. The third-order valence-corrected chi connectivity index (χ3v) is 2.86. The van der Waals surface area contributed by atoms with Crippen molar-refractivity contribution in [2.45, 2.75) is 32.8 Å². The second kappa shape index (κ2) is 4.44. The van der Waals surface area contributed by atoms with E-state index in [-0.39, 0.29) is 5.57 Å². The molecule has 0 bridgehead atoms. The fourth-order valence-electron chi connectivity index (χ4n) is 1.63. The molecule has 0 aliphatic heterocycles. The third kappa shape index (κ3) is 3.00. The maximum absolute atomic E-state index is 13.2. The lowest BCUT2D eigenvalue weighted by Gasteiger charge is -2.22. The summed E-state index contributed by atoms with van der Waals surface area (Å²) in [6.45, 7) is 5.07. The van der Waals surface area contributed by atoms with Crippen molar-refractivity contribution >= 4 is 5.97 Å². The van der Waals surface area contributed by atoms with E-state index in [1.165, 1.54) is 0 Å². The third-order valence-electron chi connectivity index (χ3n) is 2.86. The summed E-state index contributed by atoms with van der Waals surface area (Å²) < 4.78 is 31.7. The highest BCUT2D eigenvalue weighted by atomic mass is 19.3. The zero-order valence-electron chi connectivity index (χ0n) is 11.1. The lowest BCUT2D eigenvalue weighted by molar-refractivity contribution is -0.157. The Balaban J connectivity index is 2.23. The highest BCUT2D eigenvalue weighted by molar-refractivity contribution is 5.76. The lowest BCUT2D eigenvalue weighted by Crippen LogP contribution is -2.25. The minimum absolute atomic E-state index is 0.142. The Bertz CT molecular complexity index is 513. The van der Waals surface area contributed by atoms with E-state index in [1.54, 1.807) is 51.1 Å². The van der Waals surface area contributed by atoms with Crippen LogP contribution in [-0.4, -0.2) is 11.9 Å².